The number of anilines is 1. The molecule has 4 rings (SSSR count). The maximum Gasteiger partial charge on any atom is 0.257 e. The Balaban J connectivity index is 1.70. The minimum absolute atomic E-state index is 0.220. The number of hydrogen-bond donors (Lipinski definition) is 1. The minimum atomic E-state index is -0.220. The van der Waals surface area contributed by atoms with Gasteiger partial charge in [-0.15, -0.1) is 0 Å². The summed E-state index contributed by atoms with van der Waals surface area (Å²) in [6.07, 6.45) is 4.79. The first-order valence-electron chi connectivity index (χ1n) is 7.84. The van der Waals surface area contributed by atoms with Crippen molar-refractivity contribution in [3.63, 3.8) is 0 Å². The quantitative estimate of drug-likeness (QED) is 0.625. The zero-order valence-electron chi connectivity index (χ0n) is 13.5. The standard InChI is InChI=1S/C19H15N5O/c1-13-17-10-15(22-19(25)14-6-5-9-20-11-14)12-21-18(17)24(23-13)16-7-3-2-4-8-16/h2-12H,1H3,(H,22,25). The van der Waals surface area contributed by atoms with Gasteiger partial charge in [0.1, 0.15) is 0 Å². The molecular formula is C19H15N5O. The van der Waals surface area contributed by atoms with E-state index < -0.39 is 0 Å². The van der Waals surface area contributed by atoms with Gasteiger partial charge in [-0.1, -0.05) is 18.2 Å². The molecule has 0 unspecified atom stereocenters. The molecule has 1 amide bonds. The Morgan fingerprint density at radius 1 is 1.08 bits per heavy atom. The minimum Gasteiger partial charge on any atom is -0.321 e. The first-order valence-corrected chi connectivity index (χ1v) is 7.84. The molecule has 0 saturated heterocycles. The highest BCUT2D eigenvalue weighted by Gasteiger charge is 2.12. The van der Waals surface area contributed by atoms with Gasteiger partial charge < -0.3 is 5.32 Å². The maximum absolute atomic E-state index is 12.3. The van der Waals surface area contributed by atoms with Crippen molar-refractivity contribution in [2.45, 2.75) is 6.92 Å². The number of aromatic nitrogens is 4. The SMILES string of the molecule is Cc1nn(-c2ccccc2)c2ncc(NC(=O)c3cccnc3)cc12. The van der Waals surface area contributed by atoms with E-state index in [2.05, 4.69) is 20.4 Å². The first kappa shape index (κ1) is 15.0. The Bertz CT molecular complexity index is 1040. The Hall–Kier alpha value is -3.54. The molecule has 0 aliphatic rings. The summed E-state index contributed by atoms with van der Waals surface area (Å²) in [5.74, 6) is -0.220. The molecule has 0 aliphatic carbocycles. The topological polar surface area (TPSA) is 72.7 Å². The van der Waals surface area contributed by atoms with Crippen LogP contribution in [0, 0.1) is 6.92 Å². The van der Waals surface area contributed by atoms with Crippen LogP contribution in [-0.2, 0) is 0 Å². The van der Waals surface area contributed by atoms with Gasteiger partial charge >= 0.3 is 0 Å². The molecular weight excluding hydrogens is 314 g/mol. The van der Waals surface area contributed by atoms with Gasteiger partial charge in [0.2, 0.25) is 0 Å². The summed E-state index contributed by atoms with van der Waals surface area (Å²) in [5.41, 5.74) is 3.67. The largest absolute Gasteiger partial charge is 0.321 e. The third-order valence-corrected chi connectivity index (χ3v) is 3.89. The summed E-state index contributed by atoms with van der Waals surface area (Å²) in [6, 6.07) is 15.2. The Kier molecular flexibility index (Phi) is 3.70. The fourth-order valence-corrected chi connectivity index (χ4v) is 2.66. The summed E-state index contributed by atoms with van der Waals surface area (Å²) in [6.45, 7) is 1.93. The summed E-state index contributed by atoms with van der Waals surface area (Å²) < 4.78 is 1.80. The monoisotopic (exact) mass is 329 g/mol. The molecule has 0 spiro atoms. The Labute approximate surface area is 144 Å². The highest BCUT2D eigenvalue weighted by atomic mass is 16.1. The third kappa shape index (κ3) is 2.85. The number of rotatable bonds is 3. The van der Waals surface area contributed by atoms with Crippen molar-refractivity contribution in [2.75, 3.05) is 5.32 Å². The van der Waals surface area contributed by atoms with E-state index in [1.54, 1.807) is 29.2 Å². The average Bonchev–Trinajstić information content (AvgIpc) is 2.99. The van der Waals surface area contributed by atoms with Gasteiger partial charge in [-0.25, -0.2) is 9.67 Å². The van der Waals surface area contributed by atoms with Crippen LogP contribution in [0.2, 0.25) is 0 Å². The van der Waals surface area contributed by atoms with Crippen LogP contribution >= 0.6 is 0 Å². The second-order valence-electron chi connectivity index (χ2n) is 5.62. The molecule has 6 nitrogen and oxygen atoms in total. The molecule has 4 aromatic rings. The molecule has 122 valence electrons. The molecule has 0 atom stereocenters. The molecule has 6 heteroatoms. The fraction of sp³-hybridized carbons (Fsp3) is 0.0526. The number of nitrogens with one attached hydrogen (secondary N) is 1. The molecule has 1 aromatic carbocycles. The normalized spacial score (nSPS) is 10.8. The van der Waals surface area contributed by atoms with Gasteiger partial charge in [0.25, 0.3) is 5.91 Å². The predicted octanol–water partition coefficient (Wildman–Crippen LogP) is 3.38. The van der Waals surface area contributed by atoms with Crippen molar-refractivity contribution in [3.8, 4) is 5.69 Å². The van der Waals surface area contributed by atoms with E-state index in [0.29, 0.717) is 11.3 Å². The highest BCUT2D eigenvalue weighted by Crippen LogP contribution is 2.23. The Morgan fingerprint density at radius 2 is 1.92 bits per heavy atom. The number of fused-ring (bicyclic) bond motifs is 1. The molecule has 0 fully saturated rings. The number of carbonyl (C=O) groups is 1. The van der Waals surface area contributed by atoms with Gasteiger partial charge in [0.15, 0.2) is 5.65 Å². The van der Waals surface area contributed by atoms with Crippen LogP contribution in [0.3, 0.4) is 0 Å². The van der Waals surface area contributed by atoms with E-state index in [0.717, 1.165) is 22.4 Å². The lowest BCUT2D eigenvalue weighted by atomic mass is 10.2. The molecule has 0 saturated carbocycles. The van der Waals surface area contributed by atoms with Gasteiger partial charge in [-0.2, -0.15) is 5.10 Å². The van der Waals surface area contributed by atoms with Crippen LogP contribution in [0.1, 0.15) is 16.1 Å². The van der Waals surface area contributed by atoms with Gasteiger partial charge in [-0.3, -0.25) is 9.78 Å². The second-order valence-corrected chi connectivity index (χ2v) is 5.62. The molecule has 0 radical (unpaired) electrons. The summed E-state index contributed by atoms with van der Waals surface area (Å²) in [4.78, 5) is 20.7. The van der Waals surface area contributed by atoms with Crippen molar-refractivity contribution >= 4 is 22.6 Å². The zero-order chi connectivity index (χ0) is 17.2. The second kappa shape index (κ2) is 6.16. The predicted molar refractivity (Wildman–Crippen MR) is 95.8 cm³/mol. The molecule has 1 N–H and O–H groups in total. The smallest absolute Gasteiger partial charge is 0.257 e. The molecule has 0 bridgehead atoms. The number of carbonyl (C=O) groups excluding carboxylic acids is 1. The lowest BCUT2D eigenvalue weighted by Gasteiger charge is -2.06. The van der Waals surface area contributed by atoms with Gasteiger partial charge in [0, 0.05) is 17.8 Å². The van der Waals surface area contributed by atoms with Crippen LogP contribution in [0.5, 0.6) is 0 Å². The van der Waals surface area contributed by atoms with E-state index in [1.165, 1.54) is 6.20 Å². The molecule has 25 heavy (non-hydrogen) atoms. The van der Waals surface area contributed by atoms with Crippen molar-refractivity contribution in [2.24, 2.45) is 0 Å². The van der Waals surface area contributed by atoms with Crippen LogP contribution in [0.4, 0.5) is 5.69 Å². The average molecular weight is 329 g/mol. The van der Waals surface area contributed by atoms with E-state index >= 15 is 0 Å². The van der Waals surface area contributed by atoms with Crippen LogP contribution < -0.4 is 5.32 Å². The fourth-order valence-electron chi connectivity index (χ4n) is 2.66. The number of amides is 1. The van der Waals surface area contributed by atoms with Crippen molar-refractivity contribution in [3.05, 3.63) is 78.4 Å². The molecule has 3 aromatic heterocycles. The summed E-state index contributed by atoms with van der Waals surface area (Å²) in [5, 5.41) is 8.31. The number of hydrogen-bond acceptors (Lipinski definition) is 4. The number of pyridine rings is 2. The van der Waals surface area contributed by atoms with E-state index in [-0.39, 0.29) is 5.91 Å². The zero-order valence-corrected chi connectivity index (χ0v) is 13.5. The molecule has 0 aliphatic heterocycles. The first-order chi connectivity index (χ1) is 12.2. The van der Waals surface area contributed by atoms with Crippen molar-refractivity contribution < 1.29 is 4.79 Å². The molecule has 3 heterocycles. The number of para-hydroxylation sites is 1. The lowest BCUT2D eigenvalue weighted by molar-refractivity contribution is 0.102. The van der Waals surface area contributed by atoms with Gasteiger partial charge in [0.05, 0.1) is 28.8 Å². The highest BCUT2D eigenvalue weighted by molar-refractivity contribution is 6.04. The van der Waals surface area contributed by atoms with Crippen LogP contribution in [-0.4, -0.2) is 25.7 Å². The van der Waals surface area contributed by atoms with Crippen LogP contribution in [0.15, 0.2) is 67.1 Å². The van der Waals surface area contributed by atoms with Crippen molar-refractivity contribution in [1.82, 2.24) is 19.7 Å². The lowest BCUT2D eigenvalue weighted by Crippen LogP contribution is -2.12. The van der Waals surface area contributed by atoms with E-state index in [4.69, 9.17) is 0 Å². The number of nitrogens with zero attached hydrogens (tertiary/aromatic N) is 4. The third-order valence-electron chi connectivity index (χ3n) is 3.89. The summed E-state index contributed by atoms with van der Waals surface area (Å²) in [7, 11) is 0. The maximum atomic E-state index is 12.3. The number of benzene rings is 1. The van der Waals surface area contributed by atoms with Crippen LogP contribution in [0.25, 0.3) is 16.7 Å². The number of aryl methyl sites for hydroxylation is 1. The van der Waals surface area contributed by atoms with Crippen molar-refractivity contribution in [1.29, 1.82) is 0 Å². The summed E-state index contributed by atoms with van der Waals surface area (Å²) >= 11 is 0. The van der Waals surface area contributed by atoms with E-state index in [1.807, 2.05) is 43.3 Å². The Morgan fingerprint density at radius 3 is 2.68 bits per heavy atom. The van der Waals surface area contributed by atoms with Gasteiger partial charge in [-0.05, 0) is 37.3 Å². The van der Waals surface area contributed by atoms with E-state index in [9.17, 15) is 4.79 Å².